The van der Waals surface area contributed by atoms with E-state index in [1.165, 1.54) is 12.8 Å². The van der Waals surface area contributed by atoms with Crippen molar-refractivity contribution in [1.82, 2.24) is 15.1 Å². The molecule has 1 aliphatic heterocycles. The largest absolute Gasteiger partial charge is 0.344 e. The first-order valence-corrected chi connectivity index (χ1v) is 6.65. The van der Waals surface area contributed by atoms with Gasteiger partial charge in [-0.1, -0.05) is 0 Å². The van der Waals surface area contributed by atoms with Gasteiger partial charge in [0.2, 0.25) is 5.91 Å². The van der Waals surface area contributed by atoms with Crippen LogP contribution in [0.3, 0.4) is 0 Å². The highest BCUT2D eigenvalue weighted by molar-refractivity contribution is 5.78. The van der Waals surface area contributed by atoms with E-state index in [1.807, 2.05) is 7.05 Å². The van der Waals surface area contributed by atoms with Crippen LogP contribution in [0.1, 0.15) is 19.3 Å². The van der Waals surface area contributed by atoms with Crippen molar-refractivity contribution in [3.63, 3.8) is 0 Å². The third-order valence-electron chi connectivity index (χ3n) is 3.44. The number of piperidine rings is 1. The highest BCUT2D eigenvalue weighted by atomic mass is 16.2. The summed E-state index contributed by atoms with van der Waals surface area (Å²) in [6.45, 7) is 4.05. The van der Waals surface area contributed by atoms with E-state index in [0.29, 0.717) is 25.4 Å². The van der Waals surface area contributed by atoms with Crippen LogP contribution in [0.4, 0.5) is 0 Å². The molecule has 1 N–H and O–H groups in total. The van der Waals surface area contributed by atoms with Gasteiger partial charge in [-0.15, -0.1) is 0 Å². The van der Waals surface area contributed by atoms with Crippen LogP contribution in [0.2, 0.25) is 0 Å². The van der Waals surface area contributed by atoms with Gasteiger partial charge >= 0.3 is 0 Å². The molecule has 102 valence electrons. The Kier molecular flexibility index (Phi) is 6.69. The Morgan fingerprint density at radius 2 is 2.39 bits per heavy atom. The van der Waals surface area contributed by atoms with E-state index in [1.54, 1.807) is 11.9 Å². The number of nitriles is 1. The Hall–Kier alpha value is -1.12. The first kappa shape index (κ1) is 14.9. The van der Waals surface area contributed by atoms with Gasteiger partial charge in [-0.05, 0) is 38.9 Å². The Labute approximate surface area is 110 Å². The molecule has 1 atom stereocenters. The van der Waals surface area contributed by atoms with Crippen molar-refractivity contribution < 1.29 is 4.79 Å². The predicted octanol–water partition coefficient (Wildman–Crippen LogP) is 0.290. The third-order valence-corrected chi connectivity index (χ3v) is 3.44. The lowest BCUT2D eigenvalue weighted by atomic mass is 9.98. The highest BCUT2D eigenvalue weighted by Gasteiger charge is 2.22. The van der Waals surface area contributed by atoms with Gasteiger partial charge in [0.1, 0.15) is 0 Å². The van der Waals surface area contributed by atoms with E-state index < -0.39 is 0 Å². The number of nitrogens with zero attached hydrogens (tertiary/aromatic N) is 3. The van der Waals surface area contributed by atoms with E-state index in [-0.39, 0.29) is 5.91 Å². The van der Waals surface area contributed by atoms with Crippen LogP contribution in [-0.4, -0.2) is 62.5 Å². The molecule has 18 heavy (non-hydrogen) atoms. The Bertz CT molecular complexity index is 298. The molecule has 0 aliphatic carbocycles. The molecule has 1 aliphatic rings. The summed E-state index contributed by atoms with van der Waals surface area (Å²) in [5, 5.41) is 11.7. The van der Waals surface area contributed by atoms with Gasteiger partial charge in [0.25, 0.3) is 0 Å². The lowest BCUT2D eigenvalue weighted by molar-refractivity contribution is -0.131. The smallest absolute Gasteiger partial charge is 0.236 e. The molecular weight excluding hydrogens is 228 g/mol. The summed E-state index contributed by atoms with van der Waals surface area (Å²) in [7, 11) is 3.74. The summed E-state index contributed by atoms with van der Waals surface area (Å²) in [6, 6.07) is 2.07. The van der Waals surface area contributed by atoms with Crippen LogP contribution >= 0.6 is 0 Å². The fourth-order valence-electron chi connectivity index (χ4n) is 2.40. The van der Waals surface area contributed by atoms with Crippen LogP contribution in [0.5, 0.6) is 0 Å². The summed E-state index contributed by atoms with van der Waals surface area (Å²) in [6.07, 6.45) is 2.82. The lowest BCUT2D eigenvalue weighted by Gasteiger charge is -2.33. The van der Waals surface area contributed by atoms with E-state index >= 15 is 0 Å². The second-order valence-corrected chi connectivity index (χ2v) is 5.02. The SMILES string of the molecule is CNCC1CCCN(CC(=O)N(C)CCC#N)C1. The molecule has 1 fully saturated rings. The molecule has 0 aromatic heterocycles. The van der Waals surface area contributed by atoms with Crippen molar-refractivity contribution in [1.29, 1.82) is 5.26 Å². The highest BCUT2D eigenvalue weighted by Crippen LogP contribution is 2.15. The summed E-state index contributed by atoms with van der Waals surface area (Å²) in [5.41, 5.74) is 0. The summed E-state index contributed by atoms with van der Waals surface area (Å²) in [4.78, 5) is 15.8. The molecule has 1 heterocycles. The lowest BCUT2D eigenvalue weighted by Crippen LogP contribution is -2.44. The minimum absolute atomic E-state index is 0.121. The number of carbonyl (C=O) groups excluding carboxylic acids is 1. The van der Waals surface area contributed by atoms with Crippen LogP contribution in [0.25, 0.3) is 0 Å². The van der Waals surface area contributed by atoms with Gasteiger partial charge < -0.3 is 10.2 Å². The molecular formula is C13H24N4O. The standard InChI is InChI=1S/C13H24N4O/c1-15-9-12-5-3-8-17(10-12)11-13(18)16(2)7-4-6-14/h12,15H,3-5,7-11H2,1-2H3. The summed E-state index contributed by atoms with van der Waals surface area (Å²) in [5.74, 6) is 0.774. The fraction of sp³-hybridized carbons (Fsp3) is 0.846. The molecule has 0 saturated carbocycles. The van der Waals surface area contributed by atoms with Gasteiger partial charge in [-0.3, -0.25) is 9.69 Å². The second-order valence-electron chi connectivity index (χ2n) is 5.02. The molecule has 5 nitrogen and oxygen atoms in total. The topological polar surface area (TPSA) is 59.4 Å². The zero-order valence-electron chi connectivity index (χ0n) is 11.5. The maximum absolute atomic E-state index is 11.9. The first-order chi connectivity index (χ1) is 8.67. The van der Waals surface area contributed by atoms with Crippen molar-refractivity contribution in [3.8, 4) is 6.07 Å². The molecule has 5 heteroatoms. The van der Waals surface area contributed by atoms with Crippen LogP contribution < -0.4 is 5.32 Å². The molecule has 1 amide bonds. The van der Waals surface area contributed by atoms with Crippen molar-refractivity contribution in [2.75, 3.05) is 46.8 Å². The van der Waals surface area contributed by atoms with Crippen LogP contribution in [0.15, 0.2) is 0 Å². The molecule has 1 unspecified atom stereocenters. The van der Waals surface area contributed by atoms with Crippen molar-refractivity contribution >= 4 is 5.91 Å². The molecule has 1 saturated heterocycles. The number of hydrogen-bond donors (Lipinski definition) is 1. The van der Waals surface area contributed by atoms with Crippen molar-refractivity contribution in [3.05, 3.63) is 0 Å². The van der Waals surface area contributed by atoms with Gasteiger partial charge in [0, 0.05) is 20.1 Å². The van der Waals surface area contributed by atoms with Crippen molar-refractivity contribution in [2.24, 2.45) is 5.92 Å². The van der Waals surface area contributed by atoms with Crippen LogP contribution in [0, 0.1) is 17.2 Å². The Balaban J connectivity index is 2.32. The molecule has 0 spiro atoms. The number of carbonyl (C=O) groups is 1. The van der Waals surface area contributed by atoms with E-state index in [9.17, 15) is 4.79 Å². The van der Waals surface area contributed by atoms with E-state index in [4.69, 9.17) is 5.26 Å². The molecule has 0 radical (unpaired) electrons. The van der Waals surface area contributed by atoms with Gasteiger partial charge in [-0.2, -0.15) is 5.26 Å². The minimum atomic E-state index is 0.121. The molecule has 1 rings (SSSR count). The average molecular weight is 252 g/mol. The summed E-state index contributed by atoms with van der Waals surface area (Å²) < 4.78 is 0. The van der Waals surface area contributed by atoms with Gasteiger partial charge in [-0.25, -0.2) is 0 Å². The number of likely N-dealkylation sites (N-methyl/N-ethyl adjacent to an activating group) is 1. The first-order valence-electron chi connectivity index (χ1n) is 6.65. The second kappa shape index (κ2) is 8.06. The fourth-order valence-corrected chi connectivity index (χ4v) is 2.40. The predicted molar refractivity (Wildman–Crippen MR) is 71.0 cm³/mol. The maximum Gasteiger partial charge on any atom is 0.236 e. The number of likely N-dealkylation sites (tertiary alicyclic amines) is 1. The summed E-state index contributed by atoms with van der Waals surface area (Å²) >= 11 is 0. The number of rotatable bonds is 6. The third kappa shape index (κ3) is 5.03. The average Bonchev–Trinajstić information content (AvgIpc) is 2.36. The minimum Gasteiger partial charge on any atom is -0.344 e. The van der Waals surface area contributed by atoms with Crippen molar-refractivity contribution in [2.45, 2.75) is 19.3 Å². The van der Waals surface area contributed by atoms with Gasteiger partial charge in [0.05, 0.1) is 19.0 Å². The number of amides is 1. The Morgan fingerprint density at radius 1 is 1.61 bits per heavy atom. The van der Waals surface area contributed by atoms with Gasteiger partial charge in [0.15, 0.2) is 0 Å². The zero-order valence-corrected chi connectivity index (χ0v) is 11.5. The van der Waals surface area contributed by atoms with Crippen LogP contribution in [-0.2, 0) is 4.79 Å². The normalized spacial score (nSPS) is 20.4. The molecule has 0 bridgehead atoms. The monoisotopic (exact) mass is 252 g/mol. The molecule has 0 aromatic carbocycles. The molecule has 0 aromatic rings. The number of hydrogen-bond acceptors (Lipinski definition) is 4. The number of nitrogens with one attached hydrogen (secondary N) is 1. The zero-order chi connectivity index (χ0) is 13.4. The van der Waals surface area contributed by atoms with E-state index in [2.05, 4.69) is 16.3 Å². The van der Waals surface area contributed by atoms with E-state index in [0.717, 1.165) is 19.6 Å². The Morgan fingerprint density at radius 3 is 3.06 bits per heavy atom. The maximum atomic E-state index is 11.9. The quantitative estimate of drug-likeness (QED) is 0.738.